The number of hydrogen-bond donors (Lipinski definition) is 0. The first-order valence-electron chi connectivity index (χ1n) is 9.06. The highest BCUT2D eigenvalue weighted by molar-refractivity contribution is 5.99. The fourth-order valence-corrected chi connectivity index (χ4v) is 2.77. The number of hydrogen-bond acceptors (Lipinski definition) is 7. The summed E-state index contributed by atoms with van der Waals surface area (Å²) in [5.41, 5.74) is 1.62. The summed E-state index contributed by atoms with van der Waals surface area (Å²) in [4.78, 5) is 35.9. The zero-order valence-electron chi connectivity index (χ0n) is 16.8. The Morgan fingerprint density at radius 3 is 2.13 bits per heavy atom. The molecule has 0 amide bonds. The highest BCUT2D eigenvalue weighted by atomic mass is 16.5. The highest BCUT2D eigenvalue weighted by Gasteiger charge is 2.17. The lowest BCUT2D eigenvalue weighted by atomic mass is 10.1. The van der Waals surface area contributed by atoms with Crippen molar-refractivity contribution in [1.29, 1.82) is 0 Å². The lowest BCUT2D eigenvalue weighted by Crippen LogP contribution is -2.14. The number of esters is 1. The Labute approximate surface area is 173 Å². The number of carbonyl (C=O) groups excluding carboxylic acids is 3. The molecule has 0 saturated heterocycles. The molecule has 0 aliphatic heterocycles. The van der Waals surface area contributed by atoms with E-state index in [1.54, 1.807) is 42.5 Å². The number of furan rings is 1. The fraction of sp³-hybridized carbons (Fsp3) is 0.174. The van der Waals surface area contributed by atoms with Gasteiger partial charge in [-0.25, -0.2) is 4.79 Å². The standard InChI is InChI=1S/C23H20O7/c1-14(24)15-4-6-16(7-5-15)19-10-11-21(30-19)23(26)29-13-18(25)17-8-9-20(27-2)22(12-17)28-3/h4-12H,13H2,1-3H3. The van der Waals surface area contributed by atoms with Crippen molar-refractivity contribution in [1.82, 2.24) is 0 Å². The summed E-state index contributed by atoms with van der Waals surface area (Å²) in [6, 6.07) is 14.6. The summed E-state index contributed by atoms with van der Waals surface area (Å²) in [6.07, 6.45) is 0. The molecule has 2 aromatic carbocycles. The Kier molecular flexibility index (Phi) is 6.32. The minimum absolute atomic E-state index is 0.0271. The van der Waals surface area contributed by atoms with E-state index in [0.717, 1.165) is 0 Å². The van der Waals surface area contributed by atoms with Gasteiger partial charge < -0.3 is 18.6 Å². The molecule has 0 aliphatic carbocycles. The van der Waals surface area contributed by atoms with Gasteiger partial charge in [0.2, 0.25) is 5.76 Å². The van der Waals surface area contributed by atoms with Gasteiger partial charge in [-0.2, -0.15) is 0 Å². The molecule has 0 atom stereocenters. The third-order valence-electron chi connectivity index (χ3n) is 4.42. The molecule has 0 N–H and O–H groups in total. The molecule has 0 fully saturated rings. The molecular formula is C23H20O7. The lowest BCUT2D eigenvalue weighted by Gasteiger charge is -2.09. The van der Waals surface area contributed by atoms with Crippen LogP contribution in [0.4, 0.5) is 0 Å². The second-order valence-electron chi connectivity index (χ2n) is 6.37. The summed E-state index contributed by atoms with van der Waals surface area (Å²) in [7, 11) is 2.96. The number of methoxy groups -OCH3 is 2. The summed E-state index contributed by atoms with van der Waals surface area (Å²) < 4.78 is 20.9. The van der Waals surface area contributed by atoms with E-state index in [0.29, 0.717) is 33.9 Å². The highest BCUT2D eigenvalue weighted by Crippen LogP contribution is 2.28. The molecule has 0 spiro atoms. The molecule has 7 heteroatoms. The van der Waals surface area contributed by atoms with Gasteiger partial charge in [-0.05, 0) is 37.3 Å². The lowest BCUT2D eigenvalue weighted by molar-refractivity contribution is 0.0445. The van der Waals surface area contributed by atoms with E-state index < -0.39 is 18.4 Å². The van der Waals surface area contributed by atoms with Crippen LogP contribution in [0.2, 0.25) is 0 Å². The Bertz CT molecular complexity index is 1080. The van der Waals surface area contributed by atoms with E-state index in [9.17, 15) is 14.4 Å². The molecule has 0 bridgehead atoms. The van der Waals surface area contributed by atoms with Crippen molar-refractivity contribution in [2.45, 2.75) is 6.92 Å². The predicted molar refractivity (Wildman–Crippen MR) is 108 cm³/mol. The van der Waals surface area contributed by atoms with Crippen molar-refractivity contribution in [2.75, 3.05) is 20.8 Å². The molecule has 1 heterocycles. The maximum atomic E-state index is 12.3. The van der Waals surface area contributed by atoms with Gasteiger partial charge in [0.05, 0.1) is 14.2 Å². The first-order valence-corrected chi connectivity index (χ1v) is 9.06. The Morgan fingerprint density at radius 2 is 1.50 bits per heavy atom. The molecule has 3 rings (SSSR count). The quantitative estimate of drug-likeness (QED) is 0.407. The van der Waals surface area contributed by atoms with Crippen LogP contribution in [0, 0.1) is 0 Å². The molecule has 30 heavy (non-hydrogen) atoms. The van der Waals surface area contributed by atoms with E-state index in [-0.39, 0.29) is 11.5 Å². The van der Waals surface area contributed by atoms with Gasteiger partial charge in [0, 0.05) is 16.7 Å². The molecular weight excluding hydrogens is 388 g/mol. The number of ketones is 2. The van der Waals surface area contributed by atoms with Crippen LogP contribution in [-0.2, 0) is 4.74 Å². The zero-order valence-corrected chi connectivity index (χ0v) is 16.8. The topological polar surface area (TPSA) is 92.0 Å². The van der Waals surface area contributed by atoms with Crippen LogP contribution in [-0.4, -0.2) is 38.4 Å². The monoisotopic (exact) mass is 408 g/mol. The van der Waals surface area contributed by atoms with Crippen LogP contribution in [0.25, 0.3) is 11.3 Å². The Morgan fingerprint density at radius 1 is 0.833 bits per heavy atom. The van der Waals surface area contributed by atoms with E-state index >= 15 is 0 Å². The van der Waals surface area contributed by atoms with Crippen LogP contribution in [0.1, 0.15) is 38.2 Å². The normalized spacial score (nSPS) is 10.4. The van der Waals surface area contributed by atoms with E-state index in [1.807, 2.05) is 0 Å². The van der Waals surface area contributed by atoms with Crippen LogP contribution < -0.4 is 9.47 Å². The van der Waals surface area contributed by atoms with Crippen LogP contribution >= 0.6 is 0 Å². The van der Waals surface area contributed by atoms with Gasteiger partial charge in [-0.1, -0.05) is 24.3 Å². The van der Waals surface area contributed by atoms with Gasteiger partial charge in [0.1, 0.15) is 5.76 Å². The molecule has 154 valence electrons. The van der Waals surface area contributed by atoms with Crippen LogP contribution in [0.5, 0.6) is 11.5 Å². The minimum Gasteiger partial charge on any atom is -0.493 e. The second-order valence-corrected chi connectivity index (χ2v) is 6.37. The zero-order chi connectivity index (χ0) is 21.7. The first kappa shape index (κ1) is 20.9. The molecule has 0 aliphatic rings. The van der Waals surface area contributed by atoms with Crippen LogP contribution in [0.15, 0.2) is 59.0 Å². The van der Waals surface area contributed by atoms with Crippen molar-refractivity contribution in [3.05, 3.63) is 71.5 Å². The van der Waals surface area contributed by atoms with Crippen molar-refractivity contribution < 1.29 is 33.0 Å². The second kappa shape index (κ2) is 9.09. The number of Topliss-reactive ketones (excluding diaryl/α,β-unsaturated/α-hetero) is 2. The van der Waals surface area contributed by atoms with Crippen molar-refractivity contribution in [3.8, 4) is 22.8 Å². The third-order valence-corrected chi connectivity index (χ3v) is 4.42. The minimum atomic E-state index is -0.754. The van der Waals surface area contributed by atoms with Gasteiger partial charge in [0.25, 0.3) is 0 Å². The summed E-state index contributed by atoms with van der Waals surface area (Å²) in [5.74, 6) is 0.131. The Hall–Kier alpha value is -3.87. The van der Waals surface area contributed by atoms with Gasteiger partial charge in [-0.3, -0.25) is 9.59 Å². The maximum Gasteiger partial charge on any atom is 0.374 e. The maximum absolute atomic E-state index is 12.3. The summed E-state index contributed by atoms with van der Waals surface area (Å²) in [6.45, 7) is 1.04. The van der Waals surface area contributed by atoms with Crippen molar-refractivity contribution >= 4 is 17.5 Å². The van der Waals surface area contributed by atoms with Gasteiger partial charge in [0.15, 0.2) is 29.7 Å². The summed E-state index contributed by atoms with van der Waals surface area (Å²) >= 11 is 0. The SMILES string of the molecule is COc1ccc(C(=O)COC(=O)c2ccc(-c3ccc(C(C)=O)cc3)o2)cc1OC. The third kappa shape index (κ3) is 4.57. The van der Waals surface area contributed by atoms with E-state index in [1.165, 1.54) is 33.3 Å². The van der Waals surface area contributed by atoms with Gasteiger partial charge in [-0.15, -0.1) is 0 Å². The van der Waals surface area contributed by atoms with Crippen molar-refractivity contribution in [2.24, 2.45) is 0 Å². The van der Waals surface area contributed by atoms with E-state index in [2.05, 4.69) is 0 Å². The average molecular weight is 408 g/mol. The molecule has 1 aromatic heterocycles. The average Bonchev–Trinajstić information content (AvgIpc) is 3.27. The molecule has 0 saturated carbocycles. The van der Waals surface area contributed by atoms with Crippen molar-refractivity contribution in [3.63, 3.8) is 0 Å². The molecule has 7 nitrogen and oxygen atoms in total. The largest absolute Gasteiger partial charge is 0.493 e. The fourth-order valence-electron chi connectivity index (χ4n) is 2.77. The molecule has 0 unspecified atom stereocenters. The number of rotatable bonds is 8. The molecule has 0 radical (unpaired) electrons. The first-order chi connectivity index (χ1) is 14.4. The number of ether oxygens (including phenoxy) is 3. The number of benzene rings is 2. The summed E-state index contributed by atoms with van der Waals surface area (Å²) in [5, 5.41) is 0. The van der Waals surface area contributed by atoms with Crippen LogP contribution in [0.3, 0.4) is 0 Å². The predicted octanol–water partition coefficient (Wildman–Crippen LogP) is 4.21. The Balaban J connectivity index is 1.64. The van der Waals surface area contributed by atoms with E-state index in [4.69, 9.17) is 18.6 Å². The number of carbonyl (C=O) groups is 3. The molecule has 3 aromatic rings. The van der Waals surface area contributed by atoms with Gasteiger partial charge >= 0.3 is 5.97 Å². The smallest absolute Gasteiger partial charge is 0.374 e.